The lowest BCUT2D eigenvalue weighted by Gasteiger charge is -2.14. The number of benzene rings is 1. The third-order valence-corrected chi connectivity index (χ3v) is 5.12. The van der Waals surface area contributed by atoms with Crippen molar-refractivity contribution in [2.45, 2.75) is 30.6 Å². The first kappa shape index (κ1) is 14.8. The SMILES string of the molecule is Nc1ccc2c(c1)S(=O)(=O)N(CCCCCCO)C2=O. The van der Waals surface area contributed by atoms with Crippen molar-refractivity contribution >= 4 is 21.6 Å². The second kappa shape index (κ2) is 5.80. The highest BCUT2D eigenvalue weighted by atomic mass is 32.2. The van der Waals surface area contributed by atoms with Crippen LogP contribution in [0.25, 0.3) is 0 Å². The van der Waals surface area contributed by atoms with E-state index in [1.54, 1.807) is 0 Å². The van der Waals surface area contributed by atoms with Crippen LogP contribution in [0.4, 0.5) is 5.69 Å². The highest BCUT2D eigenvalue weighted by molar-refractivity contribution is 7.90. The Morgan fingerprint density at radius 3 is 2.55 bits per heavy atom. The van der Waals surface area contributed by atoms with Gasteiger partial charge in [0, 0.05) is 18.8 Å². The molecule has 2 rings (SSSR count). The lowest BCUT2D eigenvalue weighted by Crippen LogP contribution is -2.31. The number of nitrogens with two attached hydrogens (primary N) is 1. The number of aliphatic hydroxyl groups is 1. The summed E-state index contributed by atoms with van der Waals surface area (Å²) >= 11 is 0. The first-order valence-corrected chi connectivity index (χ1v) is 8.00. The predicted molar refractivity (Wildman–Crippen MR) is 74.6 cm³/mol. The molecule has 1 heterocycles. The minimum absolute atomic E-state index is 0.00198. The number of sulfonamides is 1. The standard InChI is InChI=1S/C13H18N2O4S/c14-10-5-6-11-12(9-10)20(18,19)15(13(11)17)7-3-1-2-4-8-16/h5-6,9,16H,1-4,7-8,14H2. The molecule has 0 saturated carbocycles. The van der Waals surface area contributed by atoms with E-state index in [1.807, 2.05) is 0 Å². The van der Waals surface area contributed by atoms with Gasteiger partial charge in [0.15, 0.2) is 0 Å². The summed E-state index contributed by atoms with van der Waals surface area (Å²) in [6.45, 7) is 0.298. The quantitative estimate of drug-likeness (QED) is 0.602. The smallest absolute Gasteiger partial charge is 0.269 e. The van der Waals surface area contributed by atoms with Gasteiger partial charge < -0.3 is 10.8 Å². The second-order valence-electron chi connectivity index (χ2n) is 4.78. The van der Waals surface area contributed by atoms with Crippen molar-refractivity contribution in [1.29, 1.82) is 0 Å². The van der Waals surface area contributed by atoms with Crippen molar-refractivity contribution in [3.8, 4) is 0 Å². The number of rotatable bonds is 6. The number of hydrogen-bond donors (Lipinski definition) is 2. The molecule has 1 aliphatic rings. The lowest BCUT2D eigenvalue weighted by molar-refractivity contribution is 0.0869. The van der Waals surface area contributed by atoms with Crippen LogP contribution in [-0.2, 0) is 10.0 Å². The number of carbonyl (C=O) groups excluding carboxylic acids is 1. The van der Waals surface area contributed by atoms with E-state index in [9.17, 15) is 13.2 Å². The van der Waals surface area contributed by atoms with Gasteiger partial charge in [-0.1, -0.05) is 12.8 Å². The first-order valence-electron chi connectivity index (χ1n) is 6.56. The maximum absolute atomic E-state index is 12.3. The molecule has 6 nitrogen and oxygen atoms in total. The fourth-order valence-corrected chi connectivity index (χ4v) is 3.88. The summed E-state index contributed by atoms with van der Waals surface area (Å²) < 4.78 is 25.5. The first-order chi connectivity index (χ1) is 9.48. The fourth-order valence-electron chi connectivity index (χ4n) is 2.23. The van der Waals surface area contributed by atoms with Gasteiger partial charge in [-0.2, -0.15) is 0 Å². The van der Waals surface area contributed by atoms with Gasteiger partial charge in [0.1, 0.15) is 4.90 Å². The van der Waals surface area contributed by atoms with Crippen LogP contribution in [0.15, 0.2) is 23.1 Å². The maximum Gasteiger partial charge on any atom is 0.269 e. The summed E-state index contributed by atoms with van der Waals surface area (Å²) in [6.07, 6.45) is 2.88. The fraction of sp³-hybridized carbons (Fsp3) is 0.462. The van der Waals surface area contributed by atoms with Gasteiger partial charge in [0.25, 0.3) is 15.9 Å². The van der Waals surface area contributed by atoms with Crippen molar-refractivity contribution in [2.75, 3.05) is 18.9 Å². The van der Waals surface area contributed by atoms with Crippen molar-refractivity contribution in [1.82, 2.24) is 4.31 Å². The molecule has 1 aromatic carbocycles. The van der Waals surface area contributed by atoms with Gasteiger partial charge in [0.05, 0.1) is 5.56 Å². The van der Waals surface area contributed by atoms with E-state index >= 15 is 0 Å². The average Bonchev–Trinajstić information content (AvgIpc) is 2.59. The molecule has 0 spiro atoms. The second-order valence-corrected chi connectivity index (χ2v) is 6.61. The van der Waals surface area contributed by atoms with Crippen LogP contribution in [0.2, 0.25) is 0 Å². The zero-order valence-corrected chi connectivity index (χ0v) is 11.9. The number of unbranched alkanes of at least 4 members (excludes halogenated alkanes) is 3. The molecule has 20 heavy (non-hydrogen) atoms. The molecule has 110 valence electrons. The topological polar surface area (TPSA) is 101 Å². The van der Waals surface area contributed by atoms with Crippen LogP contribution in [-0.4, -0.2) is 36.9 Å². The Hall–Kier alpha value is -1.60. The Morgan fingerprint density at radius 1 is 1.15 bits per heavy atom. The van der Waals surface area contributed by atoms with E-state index in [-0.39, 0.29) is 23.6 Å². The molecule has 7 heteroatoms. The number of nitrogen functional groups attached to an aromatic ring is 1. The predicted octanol–water partition coefficient (Wildman–Crippen LogP) is 0.966. The zero-order chi connectivity index (χ0) is 14.8. The Morgan fingerprint density at radius 2 is 1.85 bits per heavy atom. The molecule has 0 aromatic heterocycles. The molecule has 0 bridgehead atoms. The summed E-state index contributed by atoms with van der Waals surface area (Å²) in [6, 6.07) is 4.31. The van der Waals surface area contributed by atoms with Gasteiger partial charge in [-0.25, -0.2) is 12.7 Å². The van der Waals surface area contributed by atoms with Crippen LogP contribution in [0.3, 0.4) is 0 Å². The Kier molecular flexibility index (Phi) is 4.29. The highest BCUT2D eigenvalue weighted by Gasteiger charge is 2.40. The van der Waals surface area contributed by atoms with Crippen LogP contribution in [0.1, 0.15) is 36.0 Å². The van der Waals surface area contributed by atoms with E-state index in [1.165, 1.54) is 18.2 Å². The molecule has 0 radical (unpaired) electrons. The number of amides is 1. The molecule has 0 unspecified atom stereocenters. The van der Waals surface area contributed by atoms with Crippen molar-refractivity contribution in [3.63, 3.8) is 0 Å². The molecule has 0 atom stereocenters. The van der Waals surface area contributed by atoms with Gasteiger partial charge in [0.2, 0.25) is 0 Å². The highest BCUT2D eigenvalue weighted by Crippen LogP contribution is 2.31. The Balaban J connectivity index is 2.11. The molecule has 1 aliphatic heterocycles. The molecule has 0 fully saturated rings. The third kappa shape index (κ3) is 2.64. The molecule has 1 aromatic rings. The normalized spacial score (nSPS) is 16.4. The van der Waals surface area contributed by atoms with Gasteiger partial charge in [-0.05, 0) is 31.0 Å². The number of nitrogens with zero attached hydrogens (tertiary/aromatic N) is 1. The molecule has 3 N–H and O–H groups in total. The van der Waals surface area contributed by atoms with E-state index in [0.29, 0.717) is 18.5 Å². The van der Waals surface area contributed by atoms with Crippen molar-refractivity contribution < 1.29 is 18.3 Å². The number of aliphatic hydroxyl groups excluding tert-OH is 1. The minimum atomic E-state index is -3.76. The minimum Gasteiger partial charge on any atom is -0.399 e. The van der Waals surface area contributed by atoms with Crippen molar-refractivity contribution in [2.24, 2.45) is 0 Å². The maximum atomic E-state index is 12.3. The summed E-state index contributed by atoms with van der Waals surface area (Å²) in [4.78, 5) is 12.1. The Labute approximate surface area is 118 Å². The Bertz CT molecular complexity index is 613. The van der Waals surface area contributed by atoms with Crippen molar-refractivity contribution in [3.05, 3.63) is 23.8 Å². The van der Waals surface area contributed by atoms with Gasteiger partial charge in [-0.15, -0.1) is 0 Å². The number of hydrogen-bond acceptors (Lipinski definition) is 5. The van der Waals surface area contributed by atoms with E-state index < -0.39 is 15.9 Å². The van der Waals surface area contributed by atoms with E-state index in [0.717, 1.165) is 17.1 Å². The van der Waals surface area contributed by atoms with Crippen LogP contribution >= 0.6 is 0 Å². The molecule has 1 amide bonds. The third-order valence-electron chi connectivity index (χ3n) is 3.30. The lowest BCUT2D eigenvalue weighted by atomic mass is 10.2. The number of anilines is 1. The summed E-state index contributed by atoms with van der Waals surface area (Å²) in [5.74, 6) is -0.484. The van der Waals surface area contributed by atoms with Crippen LogP contribution in [0.5, 0.6) is 0 Å². The molecular weight excluding hydrogens is 280 g/mol. The zero-order valence-electron chi connectivity index (χ0n) is 11.1. The summed E-state index contributed by atoms with van der Waals surface area (Å²) in [7, 11) is -3.76. The van der Waals surface area contributed by atoms with Crippen LogP contribution in [0, 0.1) is 0 Å². The van der Waals surface area contributed by atoms with Gasteiger partial charge >= 0.3 is 0 Å². The summed E-state index contributed by atoms with van der Waals surface area (Å²) in [5, 5.41) is 8.67. The number of carbonyl (C=O) groups is 1. The average molecular weight is 298 g/mol. The molecular formula is C13H18N2O4S. The van der Waals surface area contributed by atoms with Gasteiger partial charge in [-0.3, -0.25) is 4.79 Å². The van der Waals surface area contributed by atoms with E-state index in [2.05, 4.69) is 0 Å². The largest absolute Gasteiger partial charge is 0.399 e. The molecule has 0 saturated heterocycles. The monoisotopic (exact) mass is 298 g/mol. The number of fused-ring (bicyclic) bond motifs is 1. The van der Waals surface area contributed by atoms with E-state index in [4.69, 9.17) is 10.8 Å². The van der Waals surface area contributed by atoms with Crippen LogP contribution < -0.4 is 5.73 Å². The molecule has 0 aliphatic carbocycles. The summed E-state index contributed by atoms with van der Waals surface area (Å²) in [5.41, 5.74) is 6.09.